The van der Waals surface area contributed by atoms with Gasteiger partial charge in [0.25, 0.3) is 10.1 Å². The first-order chi connectivity index (χ1) is 10.4. The Balaban J connectivity index is 1.96. The highest BCUT2D eigenvalue weighted by atomic mass is 32.2. The van der Waals surface area contributed by atoms with Gasteiger partial charge in [-0.3, -0.25) is 4.55 Å². The Labute approximate surface area is 124 Å². The number of phenols is 1. The van der Waals surface area contributed by atoms with Crippen LogP contribution in [0, 0.1) is 0 Å². The smallest absolute Gasteiger partial charge is 0.294 e. The number of aromatic hydroxyl groups is 1. The predicted octanol–water partition coefficient (Wildman–Crippen LogP) is 2.33. The number of nitrogens with one attached hydrogen (secondary N) is 1. The molecule has 1 heterocycles. The first kappa shape index (κ1) is 14.1. The van der Waals surface area contributed by atoms with Crippen LogP contribution in [0.25, 0.3) is 11.0 Å². The van der Waals surface area contributed by atoms with Gasteiger partial charge in [0.1, 0.15) is 16.8 Å². The monoisotopic (exact) mass is 319 g/mol. The van der Waals surface area contributed by atoms with Gasteiger partial charge in [0.2, 0.25) is 0 Å². The van der Waals surface area contributed by atoms with Gasteiger partial charge in [0, 0.05) is 0 Å². The second-order valence-electron chi connectivity index (χ2n) is 4.29. The lowest BCUT2D eigenvalue weighted by Crippen LogP contribution is -1.96. The Morgan fingerprint density at radius 1 is 1.00 bits per heavy atom. The lowest BCUT2D eigenvalue weighted by molar-refractivity contribution is 0.477. The summed E-state index contributed by atoms with van der Waals surface area (Å²) in [4.78, 5) is -0.243. The molecule has 0 fully saturated rings. The number of rotatable bonds is 3. The fourth-order valence-electron chi connectivity index (χ4n) is 1.78. The maximum atomic E-state index is 10.9. The van der Waals surface area contributed by atoms with E-state index < -0.39 is 10.1 Å². The lowest BCUT2D eigenvalue weighted by atomic mass is 10.2. The minimum Gasteiger partial charge on any atom is -0.506 e. The van der Waals surface area contributed by atoms with E-state index in [2.05, 4.69) is 25.6 Å². The number of fused-ring (bicyclic) bond motifs is 1. The Morgan fingerprint density at radius 3 is 2.41 bits per heavy atom. The standard InChI is InChI=1S/C12H9N5O4S/c18-10-6-5-9-11(16-17-14-9)12(10)15-13-7-1-3-8(4-2-7)22(19,20)21/h1-6,18H,(H,14,16,17)(H,19,20,21). The number of H-pyrrole nitrogens is 1. The normalized spacial score (nSPS) is 12.2. The van der Waals surface area contributed by atoms with Crippen molar-refractivity contribution in [1.82, 2.24) is 15.4 Å². The molecule has 0 atom stereocenters. The molecule has 0 aliphatic carbocycles. The van der Waals surface area contributed by atoms with Crippen LogP contribution in [0.2, 0.25) is 0 Å². The number of phenolic OH excluding ortho intramolecular Hbond substituents is 1. The maximum absolute atomic E-state index is 10.9. The highest BCUT2D eigenvalue weighted by Gasteiger charge is 2.10. The second kappa shape index (κ2) is 5.16. The molecule has 0 saturated carbocycles. The average molecular weight is 319 g/mol. The van der Waals surface area contributed by atoms with Crippen molar-refractivity contribution in [2.45, 2.75) is 4.90 Å². The van der Waals surface area contributed by atoms with Gasteiger partial charge < -0.3 is 5.11 Å². The summed E-state index contributed by atoms with van der Waals surface area (Å²) in [5.74, 6) is -0.111. The summed E-state index contributed by atoms with van der Waals surface area (Å²) in [5, 5.41) is 27.8. The van der Waals surface area contributed by atoms with Crippen LogP contribution >= 0.6 is 0 Å². The summed E-state index contributed by atoms with van der Waals surface area (Å²) in [5.41, 5.74) is 1.36. The van der Waals surface area contributed by atoms with E-state index in [1.807, 2.05) is 0 Å². The zero-order valence-electron chi connectivity index (χ0n) is 10.9. The molecule has 10 heteroatoms. The van der Waals surface area contributed by atoms with Crippen LogP contribution in [0.15, 0.2) is 51.5 Å². The number of aromatic nitrogens is 3. The molecule has 0 radical (unpaired) electrons. The van der Waals surface area contributed by atoms with Crippen LogP contribution in [0.4, 0.5) is 11.4 Å². The third-order valence-electron chi connectivity index (χ3n) is 2.84. The van der Waals surface area contributed by atoms with E-state index in [0.29, 0.717) is 16.7 Å². The van der Waals surface area contributed by atoms with Crippen molar-refractivity contribution < 1.29 is 18.1 Å². The van der Waals surface area contributed by atoms with Crippen LogP contribution < -0.4 is 0 Å². The van der Waals surface area contributed by atoms with E-state index >= 15 is 0 Å². The van der Waals surface area contributed by atoms with Gasteiger partial charge in [0.15, 0.2) is 5.69 Å². The number of azo groups is 1. The Morgan fingerprint density at radius 2 is 1.73 bits per heavy atom. The fourth-order valence-corrected chi connectivity index (χ4v) is 2.26. The van der Waals surface area contributed by atoms with Crippen molar-refractivity contribution in [3.63, 3.8) is 0 Å². The minimum absolute atomic E-state index is 0.111. The highest BCUT2D eigenvalue weighted by molar-refractivity contribution is 7.85. The summed E-state index contributed by atoms with van der Waals surface area (Å²) in [6.45, 7) is 0. The Hall–Kier alpha value is -2.85. The first-order valence-corrected chi connectivity index (χ1v) is 7.41. The molecule has 0 spiro atoms. The number of hydrogen-bond acceptors (Lipinski definition) is 7. The molecule has 0 aliphatic heterocycles. The molecule has 0 saturated heterocycles. The molecule has 1 aromatic heterocycles. The summed E-state index contributed by atoms with van der Waals surface area (Å²) in [7, 11) is -4.25. The van der Waals surface area contributed by atoms with Gasteiger partial charge in [-0.05, 0) is 36.4 Å². The van der Waals surface area contributed by atoms with Crippen LogP contribution in [0.5, 0.6) is 5.75 Å². The molecule has 0 aliphatic rings. The zero-order valence-corrected chi connectivity index (χ0v) is 11.7. The van der Waals surface area contributed by atoms with E-state index in [1.54, 1.807) is 6.07 Å². The highest BCUT2D eigenvalue weighted by Crippen LogP contribution is 2.33. The average Bonchev–Trinajstić information content (AvgIpc) is 2.94. The van der Waals surface area contributed by atoms with Gasteiger partial charge in [-0.15, -0.1) is 5.11 Å². The lowest BCUT2D eigenvalue weighted by Gasteiger charge is -1.99. The molecule has 0 amide bonds. The molecule has 3 rings (SSSR count). The van der Waals surface area contributed by atoms with Crippen molar-refractivity contribution in [1.29, 1.82) is 0 Å². The van der Waals surface area contributed by atoms with E-state index in [1.165, 1.54) is 30.3 Å². The zero-order chi connectivity index (χ0) is 15.7. The van der Waals surface area contributed by atoms with Gasteiger partial charge in [-0.25, -0.2) is 0 Å². The number of aromatic amines is 1. The van der Waals surface area contributed by atoms with Gasteiger partial charge in [0.05, 0.1) is 10.6 Å². The molecule has 112 valence electrons. The number of benzene rings is 2. The van der Waals surface area contributed by atoms with Gasteiger partial charge >= 0.3 is 0 Å². The van der Waals surface area contributed by atoms with Crippen molar-refractivity contribution >= 4 is 32.5 Å². The summed E-state index contributed by atoms with van der Waals surface area (Å²) < 4.78 is 30.8. The van der Waals surface area contributed by atoms with Crippen molar-refractivity contribution in [2.75, 3.05) is 0 Å². The SMILES string of the molecule is O=S(=O)(O)c1ccc(N=Nc2c(O)ccc3n[nH]nc23)cc1. The first-order valence-electron chi connectivity index (χ1n) is 5.97. The fraction of sp³-hybridized carbons (Fsp3) is 0. The van der Waals surface area contributed by atoms with Gasteiger partial charge in [-0.2, -0.15) is 28.9 Å². The van der Waals surface area contributed by atoms with E-state index in [-0.39, 0.29) is 16.3 Å². The number of nitrogens with zero attached hydrogens (tertiary/aromatic N) is 4. The van der Waals surface area contributed by atoms with Crippen LogP contribution in [0.1, 0.15) is 0 Å². The van der Waals surface area contributed by atoms with E-state index in [4.69, 9.17) is 4.55 Å². The molecule has 22 heavy (non-hydrogen) atoms. The Bertz CT molecular complexity index is 963. The van der Waals surface area contributed by atoms with E-state index in [9.17, 15) is 13.5 Å². The molecule has 0 bridgehead atoms. The van der Waals surface area contributed by atoms with Gasteiger partial charge in [-0.1, -0.05) is 0 Å². The van der Waals surface area contributed by atoms with Crippen LogP contribution in [-0.4, -0.2) is 33.5 Å². The minimum atomic E-state index is -4.25. The Kier molecular flexibility index (Phi) is 3.31. The second-order valence-corrected chi connectivity index (χ2v) is 5.72. The molecule has 2 aromatic carbocycles. The molecule has 3 N–H and O–H groups in total. The van der Waals surface area contributed by atoms with Crippen molar-refractivity contribution in [3.05, 3.63) is 36.4 Å². The topological polar surface area (TPSA) is 141 Å². The van der Waals surface area contributed by atoms with E-state index in [0.717, 1.165) is 0 Å². The van der Waals surface area contributed by atoms with Crippen molar-refractivity contribution in [2.24, 2.45) is 10.2 Å². The molecular weight excluding hydrogens is 310 g/mol. The maximum Gasteiger partial charge on any atom is 0.294 e. The number of hydrogen-bond donors (Lipinski definition) is 3. The molecule has 9 nitrogen and oxygen atoms in total. The predicted molar refractivity (Wildman–Crippen MR) is 76.0 cm³/mol. The summed E-state index contributed by atoms with van der Waals surface area (Å²) in [6, 6.07) is 8.12. The largest absolute Gasteiger partial charge is 0.506 e. The van der Waals surface area contributed by atoms with Crippen LogP contribution in [0.3, 0.4) is 0 Å². The molecule has 0 unspecified atom stereocenters. The summed E-state index contributed by atoms with van der Waals surface area (Å²) >= 11 is 0. The molecular formula is C12H9N5O4S. The third-order valence-corrected chi connectivity index (χ3v) is 3.71. The summed E-state index contributed by atoms with van der Waals surface area (Å²) in [6.07, 6.45) is 0. The molecule has 3 aromatic rings. The quantitative estimate of drug-likeness (QED) is 0.499. The van der Waals surface area contributed by atoms with Crippen LogP contribution in [-0.2, 0) is 10.1 Å². The van der Waals surface area contributed by atoms with Crippen molar-refractivity contribution in [3.8, 4) is 5.75 Å². The third kappa shape index (κ3) is 2.64.